The molecule has 26 nitrogen and oxygen atoms in total. The van der Waals surface area contributed by atoms with Crippen molar-refractivity contribution in [3.63, 3.8) is 0 Å². The molecule has 1 fully saturated rings. The van der Waals surface area contributed by atoms with Gasteiger partial charge in [0.2, 0.25) is 16.9 Å². The molecule has 0 aliphatic carbocycles. The minimum absolute atomic E-state index is 0.0169. The normalized spacial score (nSPS) is 20.9. The van der Waals surface area contributed by atoms with Crippen LogP contribution in [0.3, 0.4) is 0 Å². The smallest absolute Gasteiger partial charge is 0.481 e. The molecule has 3 aromatic rings. The number of thioether (sulfide) groups is 1. The summed E-state index contributed by atoms with van der Waals surface area (Å²) in [6.07, 6.45) is -6.19. The van der Waals surface area contributed by atoms with Gasteiger partial charge < -0.3 is 56.0 Å². The van der Waals surface area contributed by atoms with Gasteiger partial charge in [0.25, 0.3) is 0 Å². The van der Waals surface area contributed by atoms with Crippen LogP contribution in [0.15, 0.2) is 48.6 Å². The summed E-state index contributed by atoms with van der Waals surface area (Å²) in [5.41, 5.74) is 4.89. The summed E-state index contributed by atoms with van der Waals surface area (Å²) in [7, 11) is -16.5. The average molecular weight is 956 g/mol. The molecule has 62 heavy (non-hydrogen) atoms. The number of hydrogen-bond donors (Lipinski definition) is 10. The lowest BCUT2D eigenvalue weighted by molar-refractivity contribution is -0.137. The Labute approximate surface area is 355 Å². The number of carbonyl (C=O) groups is 4. The van der Waals surface area contributed by atoms with Gasteiger partial charge >= 0.3 is 29.4 Å². The van der Waals surface area contributed by atoms with Crippen molar-refractivity contribution < 1.29 is 90.4 Å². The largest absolute Gasteiger partial charge is 0.481 e. The average Bonchev–Trinajstić information content (AvgIpc) is 3.74. The van der Waals surface area contributed by atoms with Gasteiger partial charge in [-0.3, -0.25) is 37.3 Å². The molecule has 0 spiro atoms. The second kappa shape index (κ2) is 21.6. The van der Waals surface area contributed by atoms with E-state index in [-0.39, 0.29) is 47.8 Å². The van der Waals surface area contributed by atoms with E-state index < -0.39 is 102 Å². The van der Waals surface area contributed by atoms with Crippen LogP contribution in [0.4, 0.5) is 5.82 Å². The number of carbonyl (C=O) groups excluding carboxylic acids is 3. The van der Waals surface area contributed by atoms with Gasteiger partial charge in [-0.2, -0.15) is 4.31 Å². The highest BCUT2D eigenvalue weighted by Crippen LogP contribution is 2.61. The van der Waals surface area contributed by atoms with Crippen LogP contribution in [0.2, 0.25) is 0 Å². The van der Waals surface area contributed by atoms with Crippen LogP contribution in [0.5, 0.6) is 0 Å². The van der Waals surface area contributed by atoms with Gasteiger partial charge in [-0.15, -0.1) is 0 Å². The molecule has 0 bridgehead atoms. The van der Waals surface area contributed by atoms with E-state index in [0.29, 0.717) is 5.56 Å². The fourth-order valence-electron chi connectivity index (χ4n) is 5.46. The molecule has 1 aromatic carbocycles. The van der Waals surface area contributed by atoms with Crippen molar-refractivity contribution in [1.29, 1.82) is 0 Å². The summed E-state index contributed by atoms with van der Waals surface area (Å²) in [5, 5.41) is 35.1. The van der Waals surface area contributed by atoms with Crippen molar-refractivity contribution in [2.75, 3.05) is 37.8 Å². The number of nitrogens with two attached hydrogens (primary N) is 1. The Balaban J connectivity index is 1.21. The van der Waals surface area contributed by atoms with E-state index in [4.69, 9.17) is 19.5 Å². The number of ether oxygens (including phenoxy) is 1. The maximum atomic E-state index is 12.7. The Hall–Kier alpha value is -4.01. The first-order valence-corrected chi connectivity index (χ1v) is 23.4. The van der Waals surface area contributed by atoms with E-state index in [1.807, 2.05) is 0 Å². The summed E-state index contributed by atoms with van der Waals surface area (Å²) in [4.78, 5) is 99.8. The van der Waals surface area contributed by atoms with Crippen molar-refractivity contribution in [2.45, 2.75) is 57.3 Å². The molecular formula is C32H44N7O19P3S. The Morgan fingerprint density at radius 1 is 1.02 bits per heavy atom. The number of rotatable bonds is 23. The first kappa shape index (κ1) is 50.6. The molecule has 30 heteroatoms. The van der Waals surface area contributed by atoms with Gasteiger partial charge in [0, 0.05) is 36.3 Å². The number of benzene rings is 1. The molecule has 7 unspecified atom stereocenters. The number of aliphatic hydroxyl groups is 2. The summed E-state index contributed by atoms with van der Waals surface area (Å²) in [6, 6.07) is 8.65. The number of aliphatic carboxylic acids is 1. The lowest BCUT2D eigenvalue weighted by Crippen LogP contribution is -2.46. The monoisotopic (exact) mass is 955 g/mol. The van der Waals surface area contributed by atoms with E-state index in [2.05, 4.69) is 34.4 Å². The molecule has 4 rings (SSSR count). The predicted octanol–water partition coefficient (Wildman–Crippen LogP) is 0.223. The molecule has 0 saturated carbocycles. The quantitative estimate of drug-likeness (QED) is 0.0345. The van der Waals surface area contributed by atoms with Gasteiger partial charge in [-0.05, 0) is 11.6 Å². The van der Waals surface area contributed by atoms with Crippen LogP contribution in [0.1, 0.15) is 38.5 Å². The van der Waals surface area contributed by atoms with Crippen molar-refractivity contribution >= 4 is 81.2 Å². The Morgan fingerprint density at radius 3 is 2.35 bits per heavy atom. The van der Waals surface area contributed by atoms with Crippen LogP contribution in [-0.4, -0.2) is 134 Å². The van der Waals surface area contributed by atoms with Crippen LogP contribution in [0.25, 0.3) is 17.2 Å². The third-order valence-electron chi connectivity index (χ3n) is 8.48. The molecule has 0 radical (unpaired) electrons. The summed E-state index contributed by atoms with van der Waals surface area (Å²) in [5.74, 6) is -2.70. The summed E-state index contributed by atoms with van der Waals surface area (Å²) in [6.45, 7) is 0.115. The van der Waals surface area contributed by atoms with Crippen molar-refractivity contribution in [1.82, 2.24) is 30.2 Å². The van der Waals surface area contributed by atoms with E-state index in [0.717, 1.165) is 29.0 Å². The Bertz CT molecular complexity index is 2260. The fourth-order valence-corrected chi connectivity index (χ4v) is 9.00. The van der Waals surface area contributed by atoms with Crippen molar-refractivity contribution in [3.8, 4) is 0 Å². The minimum atomic E-state index is -5.60. The molecule has 7 atom stereocenters. The number of carboxylic acid groups (broad SMARTS) is 1. The number of nitrogen functional groups attached to an aromatic ring is 1. The second-order valence-corrected chi connectivity index (χ2v) is 19.2. The lowest BCUT2D eigenvalue weighted by Gasteiger charge is -2.30. The number of nitrogens with one attached hydrogen (secondary N) is 2. The highest BCUT2D eigenvalue weighted by Gasteiger charge is 2.50. The summed E-state index contributed by atoms with van der Waals surface area (Å²) >= 11 is 0.808. The second-order valence-electron chi connectivity index (χ2n) is 13.9. The zero-order chi connectivity index (χ0) is 46.0. The molecule has 2 amide bonds. The number of fused-ring (bicyclic) bond motifs is 1. The molecule has 1 aliphatic heterocycles. The number of anilines is 1. The maximum absolute atomic E-state index is 12.7. The number of carboxylic acids is 1. The summed E-state index contributed by atoms with van der Waals surface area (Å²) < 4.78 is 62.2. The highest BCUT2D eigenvalue weighted by atomic mass is 32.2. The van der Waals surface area contributed by atoms with Crippen LogP contribution < -0.4 is 16.4 Å². The fraction of sp³-hybridized carbons (Fsp3) is 0.469. The molecular weight excluding hydrogens is 911 g/mol. The van der Waals surface area contributed by atoms with Gasteiger partial charge in [0.05, 0.1) is 26.0 Å². The Kier molecular flexibility index (Phi) is 17.6. The van der Waals surface area contributed by atoms with Gasteiger partial charge in [-0.1, -0.05) is 55.9 Å². The zero-order valence-electron chi connectivity index (χ0n) is 32.6. The SMILES string of the molecule is CC(C)(COP(=O)(O)OP(=O)(O)OCC1OC(n2cnc3c(N)ncnc32)C(O)C1OP(=O)(O)O)C(O)C(=O)NCCC(=O)NCCSC(=O)C(=Cc1ccccc1)CC(=O)O. The van der Waals surface area contributed by atoms with E-state index >= 15 is 0 Å². The number of imidazole rings is 1. The number of nitrogens with zero attached hydrogens (tertiary/aromatic N) is 4. The number of amides is 2. The van der Waals surface area contributed by atoms with Gasteiger partial charge in [-0.25, -0.2) is 28.6 Å². The van der Waals surface area contributed by atoms with E-state index in [1.54, 1.807) is 30.3 Å². The molecule has 1 aliphatic rings. The molecule has 11 N–H and O–H groups in total. The number of phosphoric acid groups is 3. The topological polar surface area (TPSA) is 401 Å². The van der Waals surface area contributed by atoms with Crippen molar-refractivity contribution in [2.24, 2.45) is 5.41 Å². The molecule has 342 valence electrons. The minimum Gasteiger partial charge on any atom is -0.481 e. The van der Waals surface area contributed by atoms with Gasteiger partial charge in [0.1, 0.15) is 36.3 Å². The first-order valence-electron chi connectivity index (χ1n) is 17.9. The predicted molar refractivity (Wildman–Crippen MR) is 214 cm³/mol. The number of aromatic nitrogens is 4. The molecule has 1 saturated heterocycles. The number of phosphoric ester groups is 3. The van der Waals surface area contributed by atoms with Crippen LogP contribution in [0, 0.1) is 5.41 Å². The third-order valence-corrected chi connectivity index (χ3v) is 12.5. The standard InChI is InChI=1S/C32H44N7O19P3S/c1-32(2,26(44)29(45)35-9-8-21(40)34-10-11-62-31(46)19(13-22(41)42)12-18-6-4-3-5-7-18)15-55-61(52,53)58-60(50,51)54-14-20-25(57-59(47,48)49)24(43)30(56-20)39-17-38-23-27(33)36-16-37-28(23)39/h3-7,12,16-17,20,24-26,30,43-44H,8-11,13-15H2,1-2H3,(H,34,40)(H,35,45)(H,41,42)(H,50,51)(H,52,53)(H2,33,36,37)(H2,47,48,49). The molecule has 3 heterocycles. The molecule has 2 aromatic heterocycles. The lowest BCUT2D eigenvalue weighted by atomic mass is 9.87. The number of hydrogen-bond acceptors (Lipinski definition) is 19. The van der Waals surface area contributed by atoms with Crippen LogP contribution in [-0.2, 0) is 55.5 Å². The first-order chi connectivity index (χ1) is 28.9. The number of aliphatic hydroxyl groups excluding tert-OH is 2. The van der Waals surface area contributed by atoms with Crippen molar-refractivity contribution in [3.05, 3.63) is 54.1 Å². The maximum Gasteiger partial charge on any atom is 0.481 e. The highest BCUT2D eigenvalue weighted by molar-refractivity contribution is 8.14. The van der Waals surface area contributed by atoms with Gasteiger partial charge in [0.15, 0.2) is 17.7 Å². The van der Waals surface area contributed by atoms with Crippen LogP contribution >= 0.6 is 35.2 Å². The van der Waals surface area contributed by atoms with E-state index in [1.165, 1.54) is 19.9 Å². The Morgan fingerprint density at radius 2 is 1.69 bits per heavy atom. The zero-order valence-corrected chi connectivity index (χ0v) is 36.1. The third kappa shape index (κ3) is 15.1. The van der Waals surface area contributed by atoms with E-state index in [9.17, 15) is 67.8 Å².